The molecule has 1 saturated heterocycles. The molecule has 4 rings (SSSR count). The number of hydrogen-bond acceptors (Lipinski definition) is 6. The molecule has 0 spiro atoms. The number of aromatic nitrogens is 3. The molecule has 0 amide bonds. The van der Waals surface area contributed by atoms with Crippen LogP contribution < -0.4 is 4.90 Å². The third kappa shape index (κ3) is 3.99. The number of aliphatic hydroxyl groups excluding tert-OH is 2. The summed E-state index contributed by atoms with van der Waals surface area (Å²) in [6.07, 6.45) is 3.57. The fourth-order valence-electron chi connectivity index (χ4n) is 3.39. The van der Waals surface area contributed by atoms with Gasteiger partial charge in [-0.2, -0.15) is 0 Å². The average Bonchev–Trinajstić information content (AvgIpc) is 2.74. The Morgan fingerprint density at radius 2 is 1.93 bits per heavy atom. The molecule has 0 saturated carbocycles. The molecule has 2 atom stereocenters. The van der Waals surface area contributed by atoms with Crippen molar-refractivity contribution in [1.82, 2.24) is 15.0 Å². The summed E-state index contributed by atoms with van der Waals surface area (Å²) in [6, 6.07) is 13.2. The molecular formula is C21H21ClN4O2. The molecule has 0 unspecified atom stereocenters. The van der Waals surface area contributed by atoms with Crippen molar-refractivity contribution < 1.29 is 10.2 Å². The highest BCUT2D eigenvalue weighted by atomic mass is 35.5. The quantitative estimate of drug-likeness (QED) is 0.705. The zero-order valence-corrected chi connectivity index (χ0v) is 16.0. The molecule has 144 valence electrons. The lowest BCUT2D eigenvalue weighted by molar-refractivity contribution is 0.0546. The van der Waals surface area contributed by atoms with E-state index >= 15 is 0 Å². The van der Waals surface area contributed by atoms with E-state index in [0.29, 0.717) is 30.4 Å². The summed E-state index contributed by atoms with van der Waals surface area (Å²) in [6.45, 7) is 1.14. The molecule has 0 aliphatic carbocycles. The van der Waals surface area contributed by atoms with Gasteiger partial charge in [0.1, 0.15) is 5.82 Å². The molecule has 28 heavy (non-hydrogen) atoms. The van der Waals surface area contributed by atoms with E-state index in [1.807, 2.05) is 47.4 Å². The van der Waals surface area contributed by atoms with Crippen LogP contribution in [0.4, 0.5) is 5.82 Å². The molecule has 2 N–H and O–H groups in total. The number of piperidine rings is 1. The predicted molar refractivity (Wildman–Crippen MR) is 109 cm³/mol. The number of aliphatic hydroxyl groups is 2. The maximum atomic E-state index is 10.3. The number of pyridine rings is 1. The van der Waals surface area contributed by atoms with Gasteiger partial charge in [0, 0.05) is 60.2 Å². The second-order valence-electron chi connectivity index (χ2n) is 6.93. The SMILES string of the molecule is OC[C@@H]1CCN(c2cc(-c3ccc(Cl)cc3)nc(-c3cccnc3)n2)C[C@@H]1O. The van der Waals surface area contributed by atoms with Crippen molar-refractivity contribution >= 4 is 17.4 Å². The van der Waals surface area contributed by atoms with Crippen molar-refractivity contribution in [2.24, 2.45) is 5.92 Å². The van der Waals surface area contributed by atoms with E-state index in [9.17, 15) is 10.2 Å². The van der Waals surface area contributed by atoms with E-state index in [4.69, 9.17) is 21.6 Å². The van der Waals surface area contributed by atoms with E-state index in [0.717, 1.165) is 22.6 Å². The van der Waals surface area contributed by atoms with Crippen molar-refractivity contribution in [2.45, 2.75) is 12.5 Å². The molecule has 2 aromatic heterocycles. The first-order chi connectivity index (χ1) is 13.6. The minimum absolute atomic E-state index is 0.00423. The number of halogens is 1. The molecule has 0 bridgehead atoms. The molecule has 7 heteroatoms. The number of anilines is 1. The van der Waals surface area contributed by atoms with Crippen LogP contribution in [0.1, 0.15) is 6.42 Å². The highest BCUT2D eigenvalue weighted by molar-refractivity contribution is 6.30. The molecule has 6 nitrogen and oxygen atoms in total. The van der Waals surface area contributed by atoms with E-state index < -0.39 is 6.10 Å². The molecule has 1 aliphatic rings. The third-order valence-corrected chi connectivity index (χ3v) is 5.30. The van der Waals surface area contributed by atoms with Crippen molar-refractivity contribution in [1.29, 1.82) is 0 Å². The zero-order chi connectivity index (χ0) is 19.5. The summed E-state index contributed by atoms with van der Waals surface area (Å²) in [5.74, 6) is 1.23. The molecule has 3 aromatic rings. The lowest BCUT2D eigenvalue weighted by Crippen LogP contribution is -2.45. The number of rotatable bonds is 4. The minimum Gasteiger partial charge on any atom is -0.396 e. The monoisotopic (exact) mass is 396 g/mol. The first kappa shape index (κ1) is 18.8. The molecular weight excluding hydrogens is 376 g/mol. The van der Waals surface area contributed by atoms with E-state index in [1.165, 1.54) is 0 Å². The number of hydrogen-bond donors (Lipinski definition) is 2. The summed E-state index contributed by atoms with van der Waals surface area (Å²) in [4.78, 5) is 15.7. The maximum absolute atomic E-state index is 10.3. The summed E-state index contributed by atoms with van der Waals surface area (Å²) in [7, 11) is 0. The molecule has 1 fully saturated rings. The Labute approximate surface area is 168 Å². The standard InChI is InChI=1S/C21H21ClN4O2/c22-17-5-3-14(4-6-17)18-10-20(26-9-7-16(13-27)19(28)12-26)25-21(24-18)15-2-1-8-23-11-15/h1-6,8,10-11,16,19,27-28H,7,9,12-13H2/t16-,19-/m0/s1. The van der Waals surface area contributed by atoms with Gasteiger partial charge in [-0.1, -0.05) is 23.7 Å². The number of benzene rings is 1. The van der Waals surface area contributed by atoms with Crippen molar-refractivity contribution in [2.75, 3.05) is 24.6 Å². The summed E-state index contributed by atoms with van der Waals surface area (Å²) < 4.78 is 0. The predicted octanol–water partition coefficient (Wildman–Crippen LogP) is 3.04. The minimum atomic E-state index is -0.588. The fourth-order valence-corrected chi connectivity index (χ4v) is 3.52. The Morgan fingerprint density at radius 3 is 2.61 bits per heavy atom. The van der Waals surface area contributed by atoms with Crippen LogP contribution in [-0.4, -0.2) is 51.0 Å². The van der Waals surface area contributed by atoms with Crippen LogP contribution in [0.25, 0.3) is 22.6 Å². The van der Waals surface area contributed by atoms with Gasteiger partial charge in [0.15, 0.2) is 5.82 Å². The van der Waals surface area contributed by atoms with Crippen LogP contribution >= 0.6 is 11.6 Å². The highest BCUT2D eigenvalue weighted by Crippen LogP contribution is 2.29. The van der Waals surface area contributed by atoms with Crippen LogP contribution in [0.15, 0.2) is 54.9 Å². The van der Waals surface area contributed by atoms with Gasteiger partial charge in [-0.3, -0.25) is 4.98 Å². The van der Waals surface area contributed by atoms with Crippen LogP contribution in [0.2, 0.25) is 5.02 Å². The van der Waals surface area contributed by atoms with Gasteiger partial charge in [-0.25, -0.2) is 9.97 Å². The Morgan fingerprint density at radius 1 is 1.11 bits per heavy atom. The molecule has 0 radical (unpaired) electrons. The van der Waals surface area contributed by atoms with Gasteiger partial charge < -0.3 is 15.1 Å². The largest absolute Gasteiger partial charge is 0.396 e. The summed E-state index contributed by atoms with van der Waals surface area (Å²) >= 11 is 6.03. The lowest BCUT2D eigenvalue weighted by Gasteiger charge is -2.36. The van der Waals surface area contributed by atoms with Gasteiger partial charge in [-0.15, -0.1) is 0 Å². The fraction of sp³-hybridized carbons (Fsp3) is 0.286. The van der Waals surface area contributed by atoms with Crippen LogP contribution in [0.5, 0.6) is 0 Å². The zero-order valence-electron chi connectivity index (χ0n) is 15.2. The van der Waals surface area contributed by atoms with Crippen molar-refractivity contribution in [3.8, 4) is 22.6 Å². The maximum Gasteiger partial charge on any atom is 0.163 e. The first-order valence-corrected chi connectivity index (χ1v) is 9.61. The van der Waals surface area contributed by atoms with Crippen molar-refractivity contribution in [3.05, 3.63) is 59.9 Å². The summed E-state index contributed by atoms with van der Waals surface area (Å²) in [5, 5.41) is 20.4. The van der Waals surface area contributed by atoms with Gasteiger partial charge in [0.2, 0.25) is 0 Å². The third-order valence-electron chi connectivity index (χ3n) is 5.05. The van der Waals surface area contributed by atoms with E-state index in [1.54, 1.807) is 12.4 Å². The van der Waals surface area contributed by atoms with Gasteiger partial charge in [0.25, 0.3) is 0 Å². The lowest BCUT2D eigenvalue weighted by atomic mass is 9.95. The Hall–Kier alpha value is -2.54. The van der Waals surface area contributed by atoms with Gasteiger partial charge >= 0.3 is 0 Å². The van der Waals surface area contributed by atoms with Crippen LogP contribution in [0.3, 0.4) is 0 Å². The van der Waals surface area contributed by atoms with Crippen LogP contribution in [0, 0.1) is 5.92 Å². The topological polar surface area (TPSA) is 82.4 Å². The van der Waals surface area contributed by atoms with E-state index in [-0.39, 0.29) is 12.5 Å². The normalized spacial score (nSPS) is 19.6. The number of β-amino-alcohol motifs (C(OH)–C–C–N with tert-alkyl or cyclic N) is 1. The molecule has 1 aromatic carbocycles. The smallest absolute Gasteiger partial charge is 0.163 e. The Kier molecular flexibility index (Phi) is 5.52. The van der Waals surface area contributed by atoms with Crippen molar-refractivity contribution in [3.63, 3.8) is 0 Å². The second-order valence-corrected chi connectivity index (χ2v) is 7.36. The second kappa shape index (κ2) is 8.22. The first-order valence-electron chi connectivity index (χ1n) is 9.23. The molecule has 1 aliphatic heterocycles. The Balaban J connectivity index is 1.75. The highest BCUT2D eigenvalue weighted by Gasteiger charge is 2.28. The van der Waals surface area contributed by atoms with E-state index in [2.05, 4.69) is 4.98 Å². The van der Waals surface area contributed by atoms with Crippen LogP contribution in [-0.2, 0) is 0 Å². The van der Waals surface area contributed by atoms with Gasteiger partial charge in [0.05, 0.1) is 11.8 Å². The molecule has 3 heterocycles. The number of nitrogens with zero attached hydrogens (tertiary/aromatic N) is 4. The average molecular weight is 397 g/mol. The Bertz CT molecular complexity index is 937. The van der Waals surface area contributed by atoms with Gasteiger partial charge in [-0.05, 0) is 30.7 Å². The summed E-state index contributed by atoms with van der Waals surface area (Å²) in [5.41, 5.74) is 2.54.